The summed E-state index contributed by atoms with van der Waals surface area (Å²) in [5, 5.41) is 9.92. The van der Waals surface area contributed by atoms with Crippen LogP contribution in [0.3, 0.4) is 0 Å². The third kappa shape index (κ3) is 3.06. The molecule has 0 aliphatic rings. The van der Waals surface area contributed by atoms with Gasteiger partial charge in [-0.2, -0.15) is 4.57 Å². The normalized spacial score (nSPS) is 10.5. The molecule has 1 heterocycles. The maximum Gasteiger partial charge on any atom is 0.369 e. The van der Waals surface area contributed by atoms with Gasteiger partial charge in [0.25, 0.3) is 0 Å². The van der Waals surface area contributed by atoms with Crippen LogP contribution in [0, 0.1) is 0 Å². The summed E-state index contributed by atoms with van der Waals surface area (Å²) in [6.07, 6.45) is 0. The summed E-state index contributed by atoms with van der Waals surface area (Å²) >= 11 is 0. The third-order valence-corrected chi connectivity index (χ3v) is 3.43. The van der Waals surface area contributed by atoms with Gasteiger partial charge in [0.2, 0.25) is 5.52 Å². The minimum atomic E-state index is -0.987. The molecular formula is C18H16NO3+. The van der Waals surface area contributed by atoms with Crippen LogP contribution in [0.25, 0.3) is 10.9 Å². The maximum absolute atomic E-state index is 10.8. The van der Waals surface area contributed by atoms with Crippen LogP contribution in [0.4, 0.5) is 0 Å². The van der Waals surface area contributed by atoms with Gasteiger partial charge in [-0.1, -0.05) is 42.5 Å². The van der Waals surface area contributed by atoms with E-state index in [1.54, 1.807) is 0 Å². The van der Waals surface area contributed by atoms with E-state index >= 15 is 0 Å². The zero-order valence-electron chi connectivity index (χ0n) is 12.0. The second-order valence-corrected chi connectivity index (χ2v) is 4.98. The molecule has 110 valence electrons. The molecule has 4 heteroatoms. The van der Waals surface area contributed by atoms with Gasteiger partial charge in [-0.3, -0.25) is 0 Å². The van der Waals surface area contributed by atoms with Crippen LogP contribution >= 0.6 is 0 Å². The summed E-state index contributed by atoms with van der Waals surface area (Å²) in [6.45, 7) is 0.268. The van der Waals surface area contributed by atoms with Crippen molar-refractivity contribution in [3.8, 4) is 5.88 Å². The number of pyridine rings is 1. The molecule has 1 N–H and O–H groups in total. The molecule has 22 heavy (non-hydrogen) atoms. The van der Waals surface area contributed by atoms with Crippen LogP contribution < -0.4 is 9.30 Å². The molecule has 0 aliphatic heterocycles. The van der Waals surface area contributed by atoms with Gasteiger partial charge in [0, 0.05) is 17.0 Å². The number of nitrogens with zero attached hydrogens (tertiary/aromatic N) is 1. The van der Waals surface area contributed by atoms with Crippen LogP contribution in [0.5, 0.6) is 5.88 Å². The number of hydrogen-bond acceptors (Lipinski definition) is 2. The summed E-state index contributed by atoms with van der Waals surface area (Å²) in [6, 6.07) is 21.7. The molecule has 0 fully saturated rings. The fraction of sp³-hybridized carbons (Fsp3) is 0.111. The Bertz CT molecular complexity index is 800. The molecule has 0 spiro atoms. The van der Waals surface area contributed by atoms with Gasteiger partial charge < -0.3 is 9.84 Å². The second-order valence-electron chi connectivity index (χ2n) is 4.98. The lowest BCUT2D eigenvalue weighted by Gasteiger charge is -2.07. The molecule has 0 unspecified atom stereocenters. The zero-order chi connectivity index (χ0) is 15.4. The first-order valence-corrected chi connectivity index (χ1v) is 7.04. The van der Waals surface area contributed by atoms with E-state index in [-0.39, 0.29) is 6.61 Å². The molecule has 3 rings (SSSR count). The summed E-state index contributed by atoms with van der Waals surface area (Å²) in [5.41, 5.74) is 2.14. The molecule has 0 saturated heterocycles. The van der Waals surface area contributed by atoms with Crippen molar-refractivity contribution in [2.45, 2.75) is 6.54 Å². The van der Waals surface area contributed by atoms with E-state index < -0.39 is 5.97 Å². The summed E-state index contributed by atoms with van der Waals surface area (Å²) in [4.78, 5) is 10.8. The number of fused-ring (bicyclic) bond motifs is 1. The highest BCUT2D eigenvalue weighted by molar-refractivity contribution is 5.75. The highest BCUT2D eigenvalue weighted by atomic mass is 16.5. The van der Waals surface area contributed by atoms with Crippen molar-refractivity contribution in [1.29, 1.82) is 0 Å². The Kier molecular flexibility index (Phi) is 4.01. The van der Waals surface area contributed by atoms with Gasteiger partial charge >= 0.3 is 11.8 Å². The summed E-state index contributed by atoms with van der Waals surface area (Å²) < 4.78 is 7.44. The highest BCUT2D eigenvalue weighted by Crippen LogP contribution is 2.15. The van der Waals surface area contributed by atoms with Crippen molar-refractivity contribution in [2.75, 3.05) is 6.61 Å². The monoisotopic (exact) mass is 294 g/mol. The Balaban J connectivity index is 2.05. The molecule has 0 bridgehead atoms. The Hall–Kier alpha value is -2.88. The van der Waals surface area contributed by atoms with E-state index in [0.717, 1.165) is 16.5 Å². The Morgan fingerprint density at radius 2 is 1.68 bits per heavy atom. The van der Waals surface area contributed by atoms with Gasteiger partial charge in [-0.25, -0.2) is 4.79 Å². The van der Waals surface area contributed by atoms with Crippen LogP contribution in [-0.2, 0) is 11.3 Å². The largest absolute Gasteiger partial charge is 0.479 e. The zero-order valence-corrected chi connectivity index (χ0v) is 12.0. The number of carboxylic acids is 1. The minimum Gasteiger partial charge on any atom is -0.479 e. The summed E-state index contributed by atoms with van der Waals surface area (Å²) in [7, 11) is 0. The van der Waals surface area contributed by atoms with E-state index in [1.807, 2.05) is 71.3 Å². The average Bonchev–Trinajstić information content (AvgIpc) is 2.55. The second kappa shape index (κ2) is 6.26. The van der Waals surface area contributed by atoms with Crippen LogP contribution in [0.2, 0.25) is 0 Å². The predicted molar refractivity (Wildman–Crippen MR) is 82.8 cm³/mol. The number of hydrogen-bond donors (Lipinski definition) is 1. The van der Waals surface area contributed by atoms with Crippen LogP contribution in [-0.4, -0.2) is 17.7 Å². The molecule has 0 amide bonds. The summed E-state index contributed by atoms with van der Waals surface area (Å²) in [5.74, 6) is -0.440. The van der Waals surface area contributed by atoms with Crippen LogP contribution in [0.1, 0.15) is 5.56 Å². The van der Waals surface area contributed by atoms with Crippen molar-refractivity contribution in [3.05, 3.63) is 72.3 Å². The number of carboxylic acid groups (broad SMARTS) is 1. The van der Waals surface area contributed by atoms with E-state index in [1.165, 1.54) is 0 Å². The number of carbonyl (C=O) groups is 1. The highest BCUT2D eigenvalue weighted by Gasteiger charge is 2.18. The fourth-order valence-corrected chi connectivity index (χ4v) is 2.43. The van der Waals surface area contributed by atoms with Gasteiger partial charge in [-0.15, -0.1) is 0 Å². The topological polar surface area (TPSA) is 50.4 Å². The third-order valence-electron chi connectivity index (χ3n) is 3.43. The van der Waals surface area contributed by atoms with Crippen molar-refractivity contribution in [3.63, 3.8) is 0 Å². The van der Waals surface area contributed by atoms with Gasteiger partial charge in [0.05, 0.1) is 6.07 Å². The number of rotatable bonds is 5. The van der Waals surface area contributed by atoms with Gasteiger partial charge in [0.15, 0.2) is 13.2 Å². The molecular weight excluding hydrogens is 278 g/mol. The van der Waals surface area contributed by atoms with Gasteiger partial charge in [0.1, 0.15) is 0 Å². The quantitative estimate of drug-likeness (QED) is 0.736. The Morgan fingerprint density at radius 3 is 2.45 bits per heavy atom. The molecule has 0 aliphatic carbocycles. The number of ether oxygens (including phenoxy) is 1. The fourth-order valence-electron chi connectivity index (χ4n) is 2.43. The molecule has 3 aromatic rings. The smallest absolute Gasteiger partial charge is 0.369 e. The van der Waals surface area contributed by atoms with Crippen molar-refractivity contribution >= 4 is 16.9 Å². The lowest BCUT2D eigenvalue weighted by molar-refractivity contribution is -0.668. The molecule has 4 nitrogen and oxygen atoms in total. The van der Waals surface area contributed by atoms with Crippen molar-refractivity contribution in [1.82, 2.24) is 0 Å². The van der Waals surface area contributed by atoms with Crippen LogP contribution in [0.15, 0.2) is 66.7 Å². The number of para-hydroxylation sites is 1. The number of benzene rings is 2. The number of aromatic nitrogens is 1. The van der Waals surface area contributed by atoms with E-state index in [4.69, 9.17) is 9.84 Å². The lowest BCUT2D eigenvalue weighted by atomic mass is 10.2. The molecule has 0 atom stereocenters. The average molecular weight is 294 g/mol. The molecule has 2 aromatic carbocycles. The number of aliphatic carboxylic acids is 1. The van der Waals surface area contributed by atoms with E-state index in [9.17, 15) is 4.79 Å². The standard InChI is InChI=1S/C18H15NO3/c20-18(21)13-22-17-11-10-15-8-4-5-9-16(15)19(17)12-14-6-2-1-3-7-14/h1-11H,12-13H2/p+1. The first-order valence-electron chi connectivity index (χ1n) is 7.04. The van der Waals surface area contributed by atoms with Crippen molar-refractivity contribution < 1.29 is 19.2 Å². The SMILES string of the molecule is O=C(O)COc1ccc2ccccc2[n+]1Cc1ccccc1. The molecule has 0 radical (unpaired) electrons. The molecule has 1 aromatic heterocycles. The Morgan fingerprint density at radius 1 is 0.955 bits per heavy atom. The first-order chi connectivity index (χ1) is 10.7. The van der Waals surface area contributed by atoms with E-state index in [2.05, 4.69) is 0 Å². The Labute approximate surface area is 128 Å². The maximum atomic E-state index is 10.8. The van der Waals surface area contributed by atoms with E-state index in [0.29, 0.717) is 12.4 Å². The van der Waals surface area contributed by atoms with Gasteiger partial charge in [-0.05, 0) is 12.1 Å². The van der Waals surface area contributed by atoms with Crippen molar-refractivity contribution in [2.24, 2.45) is 0 Å². The first kappa shape index (κ1) is 14.1. The lowest BCUT2D eigenvalue weighted by Crippen LogP contribution is -2.38. The minimum absolute atomic E-state index is 0.354. The molecule has 0 saturated carbocycles. The predicted octanol–water partition coefficient (Wildman–Crippen LogP) is 2.64.